The van der Waals surface area contributed by atoms with E-state index in [2.05, 4.69) is 41.5 Å². The Balaban J connectivity index is 1.72. The molecular weight excluding hydrogens is 304 g/mol. The number of aromatic nitrogens is 1. The van der Waals surface area contributed by atoms with Crippen LogP contribution in [0.3, 0.4) is 0 Å². The Bertz CT molecular complexity index is 669. The first-order chi connectivity index (χ1) is 11.1. The van der Waals surface area contributed by atoms with E-state index in [4.69, 9.17) is 0 Å². The number of hydrogen-bond donors (Lipinski definition) is 1. The van der Waals surface area contributed by atoms with Crippen LogP contribution in [-0.4, -0.2) is 16.9 Å². The van der Waals surface area contributed by atoms with Crippen LogP contribution in [0.25, 0.3) is 11.3 Å². The Morgan fingerprint density at radius 3 is 2.57 bits per heavy atom. The number of carbonyl (C=O) groups is 1. The molecule has 2 aromatic rings. The maximum Gasteiger partial charge on any atom is 0.225 e. The fraction of sp³-hybridized carbons (Fsp3) is 0.474. The fourth-order valence-electron chi connectivity index (χ4n) is 3.20. The number of nitrogens with one attached hydrogen (secondary N) is 1. The normalized spacial score (nSPS) is 15.6. The van der Waals surface area contributed by atoms with Gasteiger partial charge in [-0.2, -0.15) is 0 Å². The Morgan fingerprint density at radius 1 is 1.17 bits per heavy atom. The zero-order valence-electron chi connectivity index (χ0n) is 13.9. The molecule has 0 atom stereocenters. The minimum atomic E-state index is 0.133. The lowest BCUT2D eigenvalue weighted by Crippen LogP contribution is -2.37. The smallest absolute Gasteiger partial charge is 0.225 e. The number of amides is 1. The minimum absolute atomic E-state index is 0.133. The number of nitrogens with zero attached hydrogens (tertiary/aromatic N) is 1. The van der Waals surface area contributed by atoms with E-state index in [1.807, 2.05) is 6.92 Å². The van der Waals surface area contributed by atoms with Crippen molar-refractivity contribution in [1.82, 2.24) is 10.3 Å². The largest absolute Gasteiger partial charge is 0.353 e. The van der Waals surface area contributed by atoms with Gasteiger partial charge < -0.3 is 5.32 Å². The lowest BCUT2D eigenvalue weighted by molar-refractivity contribution is -0.121. The summed E-state index contributed by atoms with van der Waals surface area (Å²) in [6, 6.07) is 8.73. The molecule has 3 rings (SSSR count). The van der Waals surface area contributed by atoms with Crippen molar-refractivity contribution in [1.29, 1.82) is 0 Å². The second kappa shape index (κ2) is 7.26. The van der Waals surface area contributed by atoms with Crippen molar-refractivity contribution >= 4 is 17.2 Å². The highest BCUT2D eigenvalue weighted by Crippen LogP contribution is 2.29. The van der Waals surface area contributed by atoms with E-state index in [0.29, 0.717) is 12.5 Å². The molecule has 1 heterocycles. The van der Waals surface area contributed by atoms with Gasteiger partial charge in [0.05, 0.1) is 17.1 Å². The van der Waals surface area contributed by atoms with Crippen molar-refractivity contribution in [3.8, 4) is 11.3 Å². The van der Waals surface area contributed by atoms with Gasteiger partial charge in [-0.1, -0.05) is 49.1 Å². The standard InChI is InChI=1S/C19H24N2OS/c1-13-8-10-15(11-9-13)19-17(23-14(2)20-19)12-18(22)21-16-6-4-3-5-7-16/h8-11,16H,3-7,12H2,1-2H3,(H,21,22). The number of thiazole rings is 1. The molecule has 1 aromatic carbocycles. The summed E-state index contributed by atoms with van der Waals surface area (Å²) in [5.41, 5.74) is 3.30. The second-order valence-corrected chi connectivity index (χ2v) is 7.74. The number of aryl methyl sites for hydroxylation is 2. The van der Waals surface area contributed by atoms with Crippen molar-refractivity contribution in [2.24, 2.45) is 0 Å². The quantitative estimate of drug-likeness (QED) is 0.903. The number of carbonyl (C=O) groups excluding carboxylic acids is 1. The molecule has 0 unspecified atom stereocenters. The number of benzene rings is 1. The molecule has 1 aliphatic carbocycles. The summed E-state index contributed by atoms with van der Waals surface area (Å²) in [5, 5.41) is 4.22. The van der Waals surface area contributed by atoms with Gasteiger partial charge in [0, 0.05) is 16.5 Å². The van der Waals surface area contributed by atoms with Gasteiger partial charge in [0.1, 0.15) is 0 Å². The fourth-order valence-corrected chi connectivity index (χ4v) is 4.15. The SMILES string of the molecule is Cc1ccc(-c2nc(C)sc2CC(=O)NC2CCCCC2)cc1. The molecule has 1 saturated carbocycles. The summed E-state index contributed by atoms with van der Waals surface area (Å²) in [7, 11) is 0. The van der Waals surface area contributed by atoms with Gasteiger partial charge in [0.25, 0.3) is 0 Å². The predicted molar refractivity (Wildman–Crippen MR) is 95.7 cm³/mol. The summed E-state index contributed by atoms with van der Waals surface area (Å²) >= 11 is 1.63. The zero-order valence-corrected chi connectivity index (χ0v) is 14.7. The molecule has 1 aliphatic rings. The lowest BCUT2D eigenvalue weighted by atomic mass is 9.95. The summed E-state index contributed by atoms with van der Waals surface area (Å²) in [6.45, 7) is 4.08. The van der Waals surface area contributed by atoms with E-state index in [9.17, 15) is 4.79 Å². The van der Waals surface area contributed by atoms with Crippen LogP contribution in [0.4, 0.5) is 0 Å². The van der Waals surface area contributed by atoms with Gasteiger partial charge in [0.15, 0.2) is 0 Å². The summed E-state index contributed by atoms with van der Waals surface area (Å²) in [4.78, 5) is 18.1. The van der Waals surface area contributed by atoms with Crippen LogP contribution in [-0.2, 0) is 11.2 Å². The van der Waals surface area contributed by atoms with Crippen molar-refractivity contribution in [2.75, 3.05) is 0 Å². The van der Waals surface area contributed by atoms with Crippen LogP contribution in [0.15, 0.2) is 24.3 Å². The number of hydrogen-bond acceptors (Lipinski definition) is 3. The Labute approximate surface area is 142 Å². The van der Waals surface area contributed by atoms with Gasteiger partial charge >= 0.3 is 0 Å². The van der Waals surface area contributed by atoms with E-state index in [1.165, 1.54) is 24.8 Å². The molecular formula is C19H24N2OS. The third-order valence-corrected chi connectivity index (χ3v) is 5.39. The van der Waals surface area contributed by atoms with Crippen LogP contribution in [0.5, 0.6) is 0 Å². The van der Waals surface area contributed by atoms with E-state index in [1.54, 1.807) is 11.3 Å². The second-order valence-electron chi connectivity index (χ2n) is 6.45. The zero-order chi connectivity index (χ0) is 16.2. The monoisotopic (exact) mass is 328 g/mol. The summed E-state index contributed by atoms with van der Waals surface area (Å²) < 4.78 is 0. The Kier molecular flexibility index (Phi) is 5.11. The first-order valence-electron chi connectivity index (χ1n) is 8.44. The van der Waals surface area contributed by atoms with Gasteiger partial charge in [0.2, 0.25) is 5.91 Å². The molecule has 0 radical (unpaired) electrons. The molecule has 0 spiro atoms. The molecule has 23 heavy (non-hydrogen) atoms. The average molecular weight is 328 g/mol. The number of rotatable bonds is 4. The Hall–Kier alpha value is -1.68. The third-order valence-electron chi connectivity index (χ3n) is 4.42. The van der Waals surface area contributed by atoms with Gasteiger partial charge in [-0.25, -0.2) is 4.98 Å². The van der Waals surface area contributed by atoms with Crippen LogP contribution in [0.2, 0.25) is 0 Å². The molecule has 0 saturated heterocycles. The Morgan fingerprint density at radius 2 is 1.87 bits per heavy atom. The van der Waals surface area contributed by atoms with E-state index < -0.39 is 0 Å². The molecule has 0 aliphatic heterocycles. The maximum atomic E-state index is 12.4. The van der Waals surface area contributed by atoms with Crippen molar-refractivity contribution < 1.29 is 4.79 Å². The molecule has 1 N–H and O–H groups in total. The molecule has 122 valence electrons. The summed E-state index contributed by atoms with van der Waals surface area (Å²) in [6.07, 6.45) is 6.46. The van der Waals surface area contributed by atoms with E-state index in [0.717, 1.165) is 34.0 Å². The topological polar surface area (TPSA) is 42.0 Å². The molecule has 1 fully saturated rings. The molecule has 3 nitrogen and oxygen atoms in total. The van der Waals surface area contributed by atoms with E-state index >= 15 is 0 Å². The molecule has 1 aromatic heterocycles. The van der Waals surface area contributed by atoms with Gasteiger partial charge in [-0.15, -0.1) is 11.3 Å². The van der Waals surface area contributed by atoms with Crippen LogP contribution in [0.1, 0.15) is 47.6 Å². The summed E-state index contributed by atoms with van der Waals surface area (Å²) in [5.74, 6) is 0.133. The van der Waals surface area contributed by atoms with E-state index in [-0.39, 0.29) is 5.91 Å². The van der Waals surface area contributed by atoms with Crippen molar-refractivity contribution in [3.05, 3.63) is 39.7 Å². The highest BCUT2D eigenvalue weighted by molar-refractivity contribution is 7.12. The highest BCUT2D eigenvalue weighted by Gasteiger charge is 2.19. The van der Waals surface area contributed by atoms with Crippen LogP contribution < -0.4 is 5.32 Å². The molecule has 1 amide bonds. The minimum Gasteiger partial charge on any atom is -0.353 e. The average Bonchev–Trinajstić information content (AvgIpc) is 2.89. The van der Waals surface area contributed by atoms with Gasteiger partial charge in [-0.3, -0.25) is 4.79 Å². The predicted octanol–water partition coefficient (Wildman–Crippen LogP) is 4.42. The van der Waals surface area contributed by atoms with Crippen molar-refractivity contribution in [3.63, 3.8) is 0 Å². The molecule has 4 heteroatoms. The third kappa shape index (κ3) is 4.20. The first-order valence-corrected chi connectivity index (χ1v) is 9.26. The van der Waals surface area contributed by atoms with Crippen LogP contribution in [0, 0.1) is 13.8 Å². The van der Waals surface area contributed by atoms with Crippen molar-refractivity contribution in [2.45, 2.75) is 58.4 Å². The van der Waals surface area contributed by atoms with Crippen LogP contribution >= 0.6 is 11.3 Å². The maximum absolute atomic E-state index is 12.4. The molecule has 0 bridgehead atoms. The highest BCUT2D eigenvalue weighted by atomic mass is 32.1. The lowest BCUT2D eigenvalue weighted by Gasteiger charge is -2.22. The first kappa shape index (κ1) is 16.2. The van der Waals surface area contributed by atoms with Gasteiger partial charge in [-0.05, 0) is 26.7 Å².